The van der Waals surface area contributed by atoms with E-state index in [4.69, 9.17) is 70.1 Å². The molecule has 0 aliphatic carbocycles. The molecule has 0 saturated heterocycles. The van der Waals surface area contributed by atoms with Gasteiger partial charge in [-0.25, -0.2) is 0 Å². The van der Waals surface area contributed by atoms with Crippen molar-refractivity contribution in [3.05, 3.63) is 5.73 Å². The Hall–Kier alpha value is -0.858. The summed E-state index contributed by atoms with van der Waals surface area (Å²) in [5, 5.41) is 32.7. The van der Waals surface area contributed by atoms with Crippen molar-refractivity contribution in [2.75, 3.05) is 54.1 Å². The molecule has 10 N–H and O–H groups in total. The molecule has 35 heavy (non-hydrogen) atoms. The molecule has 0 aromatic carbocycles. The van der Waals surface area contributed by atoms with E-state index in [1.54, 1.807) is 21.3 Å². The summed E-state index contributed by atoms with van der Waals surface area (Å²) in [7, 11) is 2.40. The van der Waals surface area contributed by atoms with Gasteiger partial charge < -0.3 is 56.2 Å². The van der Waals surface area contributed by atoms with Crippen molar-refractivity contribution in [1.29, 1.82) is 0 Å². The van der Waals surface area contributed by atoms with Gasteiger partial charge in [0.25, 0.3) is 23.9 Å². The number of carbonyl (C=O) groups is 4. The molecule has 0 aromatic heterocycles. The van der Waals surface area contributed by atoms with E-state index in [-0.39, 0.29) is 39.9 Å². The number of hydrogen-bond donors (Lipinski definition) is 7. The fourth-order valence-electron chi connectivity index (χ4n) is 1.19. The number of carboxylic acids is 4. The molecule has 0 radical (unpaired) electrons. The van der Waals surface area contributed by atoms with Crippen LogP contribution in [-0.2, 0) is 32.5 Å². The van der Waals surface area contributed by atoms with Crippen LogP contribution >= 0.6 is 0 Å². The van der Waals surface area contributed by atoms with Crippen molar-refractivity contribution in [2.24, 2.45) is 11.5 Å². The summed E-state index contributed by atoms with van der Waals surface area (Å²) in [6.07, 6.45) is 0.766. The first-order valence-corrected chi connectivity index (χ1v) is 11.7. The van der Waals surface area contributed by atoms with E-state index in [1.807, 2.05) is 0 Å². The first-order valence-electron chi connectivity index (χ1n) is 9.78. The first-order chi connectivity index (χ1) is 15.6. The maximum Gasteiger partial charge on any atom is 0.500 e. The van der Waals surface area contributed by atoms with Crippen molar-refractivity contribution >= 4 is 32.7 Å². The second kappa shape index (κ2) is 43.2. The van der Waals surface area contributed by atoms with Crippen LogP contribution in [0.1, 0.15) is 34.1 Å². The number of hydrogen-bond acceptors (Lipinski definition) is 10. The van der Waals surface area contributed by atoms with Gasteiger partial charge in [0, 0.05) is 121 Å². The number of nitrogens with two attached hydrogens (primary N) is 2. The van der Waals surface area contributed by atoms with Crippen LogP contribution in [0.5, 0.6) is 0 Å². The Morgan fingerprint density at radius 1 is 0.743 bits per heavy atom. The van der Waals surface area contributed by atoms with Crippen molar-refractivity contribution < 1.29 is 92.8 Å². The van der Waals surface area contributed by atoms with Crippen molar-refractivity contribution in [2.45, 2.75) is 40.2 Å². The molecule has 0 heterocycles. The second-order valence-electron chi connectivity index (χ2n) is 5.55. The van der Waals surface area contributed by atoms with Gasteiger partial charge >= 0.3 is 8.80 Å². The van der Waals surface area contributed by atoms with E-state index >= 15 is 0 Å². The molecule has 17 heteroatoms. The Kier molecular flexibility index (Phi) is 62.9. The van der Waals surface area contributed by atoms with Gasteiger partial charge in [-0.1, -0.05) is 6.42 Å². The summed E-state index contributed by atoms with van der Waals surface area (Å²) in [5.74, 6) is -3.33. The van der Waals surface area contributed by atoms with Gasteiger partial charge in [0.2, 0.25) is 0 Å². The maximum atomic E-state index is 9.00. The molecule has 0 saturated carbocycles. The number of rotatable bonds is 10. The molecular weight excluding hydrogens is 634 g/mol. The second-order valence-corrected chi connectivity index (χ2v) is 8.64. The Morgan fingerprint density at radius 2 is 0.971 bits per heavy atom. The smallest absolute Gasteiger partial charge is 0.500 e. The molecule has 0 atom stereocenters. The summed E-state index contributed by atoms with van der Waals surface area (Å²) in [4.78, 5) is 36.0. The standard InChI is InChI=1S/C6H16NO3Si.C4H13N3.4C2H4O2.Gd/c1-8-11(9-2,10-3)6-4-5-7;5-1-3-7-4-2-6;4*1-2(3)4;/h7H,4-6H2,1-3H3;7H,1-6H2;4*1H3,(H,3,4);/q-1;;;;;;. The molecule has 0 bridgehead atoms. The van der Waals surface area contributed by atoms with Gasteiger partial charge in [-0.15, -0.1) is 0 Å². The fourth-order valence-corrected chi connectivity index (χ4v) is 2.91. The molecule has 0 unspecified atom stereocenters. The summed E-state index contributed by atoms with van der Waals surface area (Å²) in [6.45, 7) is 7.86. The molecule has 15 nitrogen and oxygen atoms in total. The van der Waals surface area contributed by atoms with Crippen molar-refractivity contribution in [1.82, 2.24) is 5.32 Å². The van der Waals surface area contributed by atoms with Crippen molar-refractivity contribution in [3.63, 3.8) is 0 Å². The van der Waals surface area contributed by atoms with E-state index in [9.17, 15) is 0 Å². The molecule has 0 rings (SSSR count). The quantitative estimate of drug-likeness (QED) is 0.120. The van der Waals surface area contributed by atoms with Gasteiger partial charge in [-0.3, -0.25) is 19.2 Å². The van der Waals surface area contributed by atoms with Crippen molar-refractivity contribution in [3.8, 4) is 0 Å². The van der Waals surface area contributed by atoms with E-state index in [0.717, 1.165) is 53.2 Å². The van der Waals surface area contributed by atoms with Crippen LogP contribution in [-0.4, -0.2) is 107 Å². The van der Waals surface area contributed by atoms with Gasteiger partial charge in [0.05, 0.1) is 0 Å². The molecule has 216 valence electrons. The maximum absolute atomic E-state index is 9.00. The zero-order valence-corrected chi connectivity index (χ0v) is 24.9. The number of aliphatic carboxylic acids is 4. The monoisotopic (exact) mass is 679 g/mol. The normalized spacial score (nSPS) is 8.51. The Labute approximate surface area is 241 Å². The largest absolute Gasteiger partial charge is 0.677 e. The van der Waals surface area contributed by atoms with E-state index < -0.39 is 32.7 Å². The van der Waals surface area contributed by atoms with E-state index in [1.165, 1.54) is 0 Å². The molecule has 0 amide bonds. The Bertz CT molecular complexity index is 399. The van der Waals surface area contributed by atoms with Crippen LogP contribution in [0.15, 0.2) is 0 Å². The van der Waals surface area contributed by atoms with Gasteiger partial charge in [-0.05, 0) is 0 Å². The molecule has 0 fully saturated rings. The van der Waals surface area contributed by atoms with Crippen LogP contribution in [0, 0.1) is 39.9 Å². The SMILES string of the molecule is CC(=O)O.CC(=O)O.CC(=O)O.CC(=O)O.CO[Si](CCC[NH-])(OC)OC.NCCNCCN.[Gd]. The molecule has 0 aliphatic heterocycles. The third kappa shape index (κ3) is 109. The number of carboxylic acid groups (broad SMARTS) is 4. The molecule has 0 aromatic rings. The van der Waals surface area contributed by atoms with E-state index in [2.05, 4.69) is 5.32 Å². The first kappa shape index (κ1) is 50.9. The van der Waals surface area contributed by atoms with Gasteiger partial charge in [0.15, 0.2) is 0 Å². The zero-order valence-electron chi connectivity index (χ0n) is 21.6. The van der Waals surface area contributed by atoms with Crippen LogP contribution < -0.4 is 16.8 Å². The summed E-state index contributed by atoms with van der Waals surface area (Å²) < 4.78 is 15.4. The molecule has 0 spiro atoms. The predicted molar refractivity (Wildman–Crippen MR) is 130 cm³/mol. The van der Waals surface area contributed by atoms with Gasteiger partial charge in [0.1, 0.15) is 0 Å². The topological polar surface area (TPSA) is 265 Å². The number of nitrogens with one attached hydrogen (secondary N) is 2. The average Bonchev–Trinajstić information content (AvgIpc) is 2.69. The van der Waals surface area contributed by atoms with Crippen LogP contribution in [0.2, 0.25) is 6.04 Å². The minimum Gasteiger partial charge on any atom is -0.677 e. The van der Waals surface area contributed by atoms with E-state index in [0.29, 0.717) is 19.6 Å². The fraction of sp³-hybridized carbons (Fsp3) is 0.778. The third-order valence-corrected chi connectivity index (χ3v) is 5.07. The average molecular weight is 679 g/mol. The predicted octanol–water partition coefficient (Wildman–Crippen LogP) is 0.164. The van der Waals surface area contributed by atoms with Crippen LogP contribution in [0.25, 0.3) is 5.73 Å². The molecular formula is C18H45GdN4O11Si-. The summed E-state index contributed by atoms with van der Waals surface area (Å²) in [6, 6.07) is 0.722. The Morgan fingerprint density at radius 3 is 1.11 bits per heavy atom. The summed E-state index contributed by atoms with van der Waals surface area (Å²) in [5.41, 5.74) is 17.3. The van der Waals surface area contributed by atoms with Gasteiger partial charge in [-0.2, -0.15) is 6.54 Å². The van der Waals surface area contributed by atoms with Crippen LogP contribution in [0.4, 0.5) is 0 Å². The third-order valence-electron chi connectivity index (χ3n) is 2.23. The minimum atomic E-state index is -2.36. The minimum absolute atomic E-state index is 0. The zero-order chi connectivity index (χ0) is 28.6. The summed E-state index contributed by atoms with van der Waals surface area (Å²) >= 11 is 0. The Balaban J connectivity index is -0.0000000570. The van der Waals surface area contributed by atoms with Crippen LogP contribution in [0.3, 0.4) is 0 Å². The molecule has 0 aliphatic rings.